The summed E-state index contributed by atoms with van der Waals surface area (Å²) in [6.45, 7) is 8.84. The molecule has 0 atom stereocenters. The Balaban J connectivity index is -0.0000000807. The van der Waals surface area contributed by atoms with Gasteiger partial charge in [0.05, 0.1) is 0 Å². The van der Waals surface area contributed by atoms with Gasteiger partial charge in [0.2, 0.25) is 0 Å². The fourth-order valence-corrected chi connectivity index (χ4v) is 2.14. The predicted molar refractivity (Wildman–Crippen MR) is 58.8 cm³/mol. The Morgan fingerprint density at radius 3 is 1.62 bits per heavy atom. The molecule has 0 radical (unpaired) electrons. The maximum Gasteiger partial charge on any atom is 2.00 e. The summed E-state index contributed by atoms with van der Waals surface area (Å²) >= 11 is 6.23. The summed E-state index contributed by atoms with van der Waals surface area (Å²) in [6, 6.07) is 0. The second kappa shape index (κ2) is 5.63. The number of halogens is 1. The minimum absolute atomic E-state index is 0. The van der Waals surface area contributed by atoms with E-state index in [9.17, 15) is 0 Å². The molecule has 1 aliphatic rings. The van der Waals surface area contributed by atoms with E-state index in [0.29, 0.717) is 0 Å². The Morgan fingerprint density at radius 1 is 1.08 bits per heavy atom. The third-order valence-electron chi connectivity index (χ3n) is 2.64. The zero-order chi connectivity index (χ0) is 8.70. The van der Waals surface area contributed by atoms with Gasteiger partial charge in [0.15, 0.2) is 0 Å². The largest absolute Gasteiger partial charge is 2.00 e. The molecule has 1 rings (SSSR count). The molecule has 72 valence electrons. The summed E-state index contributed by atoms with van der Waals surface area (Å²) in [4.78, 5) is 0. The Labute approximate surface area is 120 Å². The Hall–Kier alpha value is 1.61. The van der Waals surface area contributed by atoms with E-state index in [0.717, 1.165) is 0 Å². The number of piperidine rings is 1. The topological polar surface area (TPSA) is 3.24 Å². The van der Waals surface area contributed by atoms with Gasteiger partial charge < -0.3 is 4.28 Å². The van der Waals surface area contributed by atoms with Gasteiger partial charge in [0, 0.05) is 11.1 Å². The molecule has 0 bridgehead atoms. The number of nitrogens with zero attached hydrogens (tertiary/aromatic N) is 1. The summed E-state index contributed by atoms with van der Waals surface area (Å²) in [6.07, 6.45) is 3.71. The summed E-state index contributed by atoms with van der Waals surface area (Å²) < 4.78 is 1.99. The molecule has 0 spiro atoms. The Bertz CT molecular complexity index is 157. The van der Waals surface area contributed by atoms with Gasteiger partial charge in [0.1, 0.15) is 0 Å². The first-order chi connectivity index (χ1) is 4.86. The van der Waals surface area contributed by atoms with Crippen molar-refractivity contribution in [1.82, 2.24) is 4.42 Å². The van der Waals surface area contributed by atoms with Crippen molar-refractivity contribution in [3.63, 3.8) is 0 Å². The molecule has 0 amide bonds. The first kappa shape index (κ1) is 17.0. The van der Waals surface area contributed by atoms with Gasteiger partial charge >= 0.3 is 41.9 Å². The van der Waals surface area contributed by atoms with E-state index < -0.39 is 0 Å². The van der Waals surface area contributed by atoms with Gasteiger partial charge in [-0.3, -0.25) is 0 Å². The molecule has 0 aromatic heterocycles. The van der Waals surface area contributed by atoms with E-state index in [4.69, 9.17) is 11.8 Å². The van der Waals surface area contributed by atoms with Crippen LogP contribution in [0.1, 0.15) is 51.2 Å². The summed E-state index contributed by atoms with van der Waals surface area (Å²) in [5.74, 6) is 0. The normalized spacial score (nSPS) is 25.6. The summed E-state index contributed by atoms with van der Waals surface area (Å²) in [5.41, 5.74) is 0.340. The third-order valence-corrected chi connectivity index (χ3v) is 3.56. The average molecular weight is 210 g/mol. The number of rotatable bonds is 0. The predicted octanol–water partition coefficient (Wildman–Crippen LogP) is 0.144. The van der Waals surface area contributed by atoms with Crippen molar-refractivity contribution < 1.29 is 23.1 Å². The van der Waals surface area contributed by atoms with E-state index in [1.54, 1.807) is 0 Å². The second-order valence-electron chi connectivity index (χ2n) is 4.76. The molecular weight excluding hydrogens is 189 g/mol. The zero-order valence-electron chi connectivity index (χ0n) is 12.7. The van der Waals surface area contributed by atoms with Gasteiger partial charge in [-0.25, -0.2) is 4.42 Å². The van der Waals surface area contributed by atoms with Crippen LogP contribution in [0.3, 0.4) is 0 Å². The van der Waals surface area contributed by atoms with E-state index in [1.165, 1.54) is 19.3 Å². The molecule has 1 fully saturated rings. The van der Waals surface area contributed by atoms with E-state index >= 15 is 0 Å². The third kappa shape index (κ3) is 3.93. The molecule has 0 unspecified atom stereocenters. The smallest absolute Gasteiger partial charge is 1.00 e. The van der Waals surface area contributed by atoms with Crippen molar-refractivity contribution in [3.8, 4) is 0 Å². The van der Waals surface area contributed by atoms with Crippen molar-refractivity contribution in [1.29, 1.82) is 0 Å². The molecule has 1 heterocycles. The SMILES string of the molecule is CC1(C)CCCC(C)(C)N1Cl.[H-].[H-].[H-].[Li+].[Mg+2]. The fourth-order valence-electron chi connectivity index (χ4n) is 1.97. The van der Waals surface area contributed by atoms with Crippen LogP contribution in [0.15, 0.2) is 0 Å². The van der Waals surface area contributed by atoms with Gasteiger partial charge in [-0.2, -0.15) is 0 Å². The molecular formula is C9H21ClLiMgN. The van der Waals surface area contributed by atoms with Crippen LogP contribution in [0.5, 0.6) is 0 Å². The quantitative estimate of drug-likeness (QED) is 0.406. The molecule has 0 aromatic carbocycles. The van der Waals surface area contributed by atoms with Crippen LogP contribution in [-0.2, 0) is 0 Å². The van der Waals surface area contributed by atoms with Gasteiger partial charge in [0.25, 0.3) is 0 Å². The van der Waals surface area contributed by atoms with E-state index in [1.807, 2.05) is 4.42 Å². The molecule has 4 heteroatoms. The van der Waals surface area contributed by atoms with Crippen LogP contribution < -0.4 is 18.9 Å². The van der Waals surface area contributed by atoms with Crippen molar-refractivity contribution in [2.24, 2.45) is 0 Å². The molecule has 1 aliphatic heterocycles. The summed E-state index contributed by atoms with van der Waals surface area (Å²) in [5, 5.41) is 0. The van der Waals surface area contributed by atoms with Crippen LogP contribution in [0.25, 0.3) is 0 Å². The zero-order valence-corrected chi connectivity index (χ0v) is 11.8. The molecule has 0 N–H and O–H groups in total. The minimum Gasteiger partial charge on any atom is -1.00 e. The van der Waals surface area contributed by atoms with E-state index in [2.05, 4.69) is 27.7 Å². The van der Waals surface area contributed by atoms with Crippen LogP contribution in [0, 0.1) is 0 Å². The summed E-state index contributed by atoms with van der Waals surface area (Å²) in [7, 11) is 0. The Kier molecular flexibility index (Phi) is 7.37. The van der Waals surface area contributed by atoms with Gasteiger partial charge in [-0.1, -0.05) is 0 Å². The maximum absolute atomic E-state index is 6.23. The first-order valence-corrected chi connectivity index (χ1v) is 4.66. The van der Waals surface area contributed by atoms with E-state index in [-0.39, 0.29) is 57.3 Å². The van der Waals surface area contributed by atoms with Crippen LogP contribution in [-0.4, -0.2) is 38.5 Å². The van der Waals surface area contributed by atoms with Crippen LogP contribution in [0.4, 0.5) is 0 Å². The standard InChI is InChI=1S/C9H18ClN.Li.Mg.3H/c1-8(2)6-5-7-9(3,4)11(8)10;;;;;/h5-7H2,1-4H3;;;;;/q;+1;+2;3*-1. The van der Waals surface area contributed by atoms with Crippen molar-refractivity contribution in [2.45, 2.75) is 58.0 Å². The molecule has 13 heavy (non-hydrogen) atoms. The molecule has 0 aliphatic carbocycles. The monoisotopic (exact) mass is 209 g/mol. The van der Waals surface area contributed by atoms with Crippen molar-refractivity contribution in [2.75, 3.05) is 0 Å². The van der Waals surface area contributed by atoms with Crippen LogP contribution >= 0.6 is 11.8 Å². The Morgan fingerprint density at radius 2 is 1.38 bits per heavy atom. The molecule has 0 aromatic rings. The van der Waals surface area contributed by atoms with Crippen LogP contribution in [0.2, 0.25) is 0 Å². The number of hydrogen-bond acceptors (Lipinski definition) is 1. The average Bonchev–Trinajstić information content (AvgIpc) is 1.82. The first-order valence-electron chi connectivity index (χ1n) is 4.32. The molecule has 1 saturated heterocycles. The van der Waals surface area contributed by atoms with Crippen molar-refractivity contribution in [3.05, 3.63) is 0 Å². The maximum atomic E-state index is 6.23. The minimum atomic E-state index is 0. The molecule has 1 nitrogen and oxygen atoms in total. The second-order valence-corrected chi connectivity index (χ2v) is 5.10. The fraction of sp³-hybridized carbons (Fsp3) is 1.00. The molecule has 0 saturated carbocycles. The van der Waals surface area contributed by atoms with Crippen molar-refractivity contribution >= 4 is 34.8 Å². The van der Waals surface area contributed by atoms with Gasteiger partial charge in [-0.05, 0) is 58.7 Å². The number of hydrogen-bond donors (Lipinski definition) is 0. The van der Waals surface area contributed by atoms with Gasteiger partial charge in [-0.15, -0.1) is 0 Å².